The summed E-state index contributed by atoms with van der Waals surface area (Å²) in [7, 11) is 2.81. The van der Waals surface area contributed by atoms with E-state index in [1.165, 1.54) is 6.26 Å². The van der Waals surface area contributed by atoms with Crippen LogP contribution in [0, 0.1) is 0 Å². The van der Waals surface area contributed by atoms with Crippen molar-refractivity contribution in [2.45, 2.75) is 0 Å². The first kappa shape index (κ1) is 7.88. The van der Waals surface area contributed by atoms with Crippen LogP contribution in [0.15, 0.2) is 30.5 Å². The summed E-state index contributed by atoms with van der Waals surface area (Å²) < 4.78 is 4.51. The van der Waals surface area contributed by atoms with Gasteiger partial charge in [-0.2, -0.15) is 0 Å². The standard InChI is InChI=1S/C8H7O2Si/c9-8-4-2-1-3-7(8)5-6-10-11/h1-6,9H/b6-5+. The summed E-state index contributed by atoms with van der Waals surface area (Å²) in [5.74, 6) is 0.243. The second-order valence-electron chi connectivity index (χ2n) is 1.98. The van der Waals surface area contributed by atoms with Crippen molar-refractivity contribution in [3.8, 4) is 5.75 Å². The lowest BCUT2D eigenvalue weighted by Gasteiger charge is -1.95. The topological polar surface area (TPSA) is 29.5 Å². The van der Waals surface area contributed by atoms with Gasteiger partial charge in [0.15, 0.2) is 0 Å². The molecule has 1 aromatic rings. The van der Waals surface area contributed by atoms with E-state index in [1.807, 2.05) is 6.07 Å². The maximum atomic E-state index is 9.21. The van der Waals surface area contributed by atoms with Crippen molar-refractivity contribution in [3.05, 3.63) is 36.1 Å². The van der Waals surface area contributed by atoms with E-state index in [-0.39, 0.29) is 5.75 Å². The van der Waals surface area contributed by atoms with Crippen molar-refractivity contribution in [2.24, 2.45) is 0 Å². The lowest BCUT2D eigenvalue weighted by molar-refractivity contribution is 0.473. The maximum absolute atomic E-state index is 9.21. The van der Waals surface area contributed by atoms with Gasteiger partial charge >= 0.3 is 10.5 Å². The fourth-order valence-electron chi connectivity index (χ4n) is 0.736. The molecule has 0 spiro atoms. The van der Waals surface area contributed by atoms with Crippen LogP contribution in [0.4, 0.5) is 0 Å². The smallest absolute Gasteiger partial charge is 0.340 e. The molecule has 2 nitrogen and oxygen atoms in total. The van der Waals surface area contributed by atoms with Crippen molar-refractivity contribution >= 4 is 16.6 Å². The Hall–Kier alpha value is -1.22. The Labute approximate surface area is 68.7 Å². The Balaban J connectivity index is 2.86. The van der Waals surface area contributed by atoms with Gasteiger partial charge in [0.2, 0.25) is 0 Å². The fraction of sp³-hybridized carbons (Fsp3) is 0. The van der Waals surface area contributed by atoms with Gasteiger partial charge in [0.25, 0.3) is 0 Å². The van der Waals surface area contributed by atoms with Gasteiger partial charge in [-0.15, -0.1) is 0 Å². The number of para-hydroxylation sites is 1. The maximum Gasteiger partial charge on any atom is 0.340 e. The second-order valence-corrected chi connectivity index (χ2v) is 2.22. The van der Waals surface area contributed by atoms with E-state index in [1.54, 1.807) is 24.3 Å². The highest BCUT2D eigenvalue weighted by Gasteiger charge is 1.91. The van der Waals surface area contributed by atoms with Gasteiger partial charge in [-0.25, -0.2) is 0 Å². The molecule has 0 aromatic heterocycles. The first-order chi connectivity index (χ1) is 5.34. The predicted octanol–water partition coefficient (Wildman–Crippen LogP) is 1.46. The zero-order chi connectivity index (χ0) is 8.10. The summed E-state index contributed by atoms with van der Waals surface area (Å²) in [5.41, 5.74) is 0.728. The highest BCUT2D eigenvalue weighted by atomic mass is 28.2. The first-order valence-electron chi connectivity index (χ1n) is 3.11. The lowest BCUT2D eigenvalue weighted by Crippen LogP contribution is -1.73. The summed E-state index contributed by atoms with van der Waals surface area (Å²) in [4.78, 5) is 0. The highest BCUT2D eigenvalue weighted by Crippen LogP contribution is 2.16. The summed E-state index contributed by atoms with van der Waals surface area (Å²) in [5, 5.41) is 9.21. The van der Waals surface area contributed by atoms with Gasteiger partial charge in [0.05, 0.1) is 6.26 Å². The van der Waals surface area contributed by atoms with Crippen LogP contribution in [0.2, 0.25) is 0 Å². The zero-order valence-corrected chi connectivity index (χ0v) is 6.82. The molecule has 0 fully saturated rings. The van der Waals surface area contributed by atoms with E-state index in [2.05, 4.69) is 14.9 Å². The minimum Gasteiger partial charge on any atom is -0.546 e. The molecule has 3 heteroatoms. The first-order valence-corrected chi connectivity index (χ1v) is 3.52. The van der Waals surface area contributed by atoms with Crippen molar-refractivity contribution in [3.63, 3.8) is 0 Å². The largest absolute Gasteiger partial charge is 0.546 e. The summed E-state index contributed by atoms with van der Waals surface area (Å²) in [6.45, 7) is 0. The number of aromatic hydroxyl groups is 1. The van der Waals surface area contributed by atoms with Gasteiger partial charge in [-0.3, -0.25) is 0 Å². The van der Waals surface area contributed by atoms with Crippen LogP contribution >= 0.6 is 0 Å². The molecule has 0 amide bonds. The van der Waals surface area contributed by atoms with Crippen LogP contribution in [-0.2, 0) is 4.43 Å². The van der Waals surface area contributed by atoms with Crippen LogP contribution in [-0.4, -0.2) is 15.6 Å². The summed E-state index contributed by atoms with van der Waals surface area (Å²) in [6.07, 6.45) is 3.09. The van der Waals surface area contributed by atoms with Crippen LogP contribution in [0.1, 0.15) is 5.56 Å². The van der Waals surface area contributed by atoms with E-state index in [0.29, 0.717) is 0 Å². The number of phenolic OH excluding ortho intramolecular Hbond substituents is 1. The Kier molecular flexibility index (Phi) is 2.74. The van der Waals surface area contributed by atoms with Gasteiger partial charge in [0.1, 0.15) is 5.75 Å². The molecule has 1 N–H and O–H groups in total. The Bertz CT molecular complexity index is 258. The van der Waals surface area contributed by atoms with Gasteiger partial charge in [-0.05, 0) is 12.1 Å². The number of rotatable bonds is 2. The SMILES string of the molecule is Oc1ccccc1/C=C/O[Si]. The molecule has 0 saturated heterocycles. The zero-order valence-electron chi connectivity index (χ0n) is 5.82. The molecule has 0 heterocycles. The van der Waals surface area contributed by atoms with Gasteiger partial charge in [-0.1, -0.05) is 18.2 Å². The molecule has 0 saturated carbocycles. The van der Waals surface area contributed by atoms with E-state index < -0.39 is 0 Å². The van der Waals surface area contributed by atoms with Crippen LogP contribution in [0.5, 0.6) is 5.75 Å². The number of benzene rings is 1. The molecule has 0 bridgehead atoms. The van der Waals surface area contributed by atoms with Gasteiger partial charge < -0.3 is 9.53 Å². The van der Waals surface area contributed by atoms with E-state index in [4.69, 9.17) is 0 Å². The number of phenols is 1. The van der Waals surface area contributed by atoms with E-state index in [0.717, 1.165) is 5.56 Å². The summed E-state index contributed by atoms with van der Waals surface area (Å²) >= 11 is 0. The highest BCUT2D eigenvalue weighted by molar-refractivity contribution is 5.98. The minimum absolute atomic E-state index is 0.243. The minimum atomic E-state index is 0.243. The van der Waals surface area contributed by atoms with Crippen molar-refractivity contribution in [1.29, 1.82) is 0 Å². The Morgan fingerprint density at radius 2 is 2.09 bits per heavy atom. The van der Waals surface area contributed by atoms with E-state index >= 15 is 0 Å². The van der Waals surface area contributed by atoms with Crippen molar-refractivity contribution < 1.29 is 9.53 Å². The van der Waals surface area contributed by atoms with Gasteiger partial charge in [0, 0.05) is 5.56 Å². The average molecular weight is 163 g/mol. The van der Waals surface area contributed by atoms with Crippen LogP contribution < -0.4 is 0 Å². The molecule has 0 aliphatic carbocycles. The van der Waals surface area contributed by atoms with Crippen molar-refractivity contribution in [1.82, 2.24) is 0 Å². The summed E-state index contributed by atoms with van der Waals surface area (Å²) in [6, 6.07) is 7.01. The molecule has 1 rings (SSSR count). The third kappa shape index (κ3) is 2.12. The average Bonchev–Trinajstić information content (AvgIpc) is 2.03. The molecular formula is C8H7O2Si. The predicted molar refractivity (Wildman–Crippen MR) is 44.0 cm³/mol. The molecule has 0 aliphatic heterocycles. The normalized spacial score (nSPS) is 10.3. The molecule has 0 atom stereocenters. The Morgan fingerprint density at radius 1 is 1.36 bits per heavy atom. The third-order valence-electron chi connectivity index (χ3n) is 1.25. The molecule has 11 heavy (non-hydrogen) atoms. The fourth-order valence-corrected chi connectivity index (χ4v) is 0.804. The Morgan fingerprint density at radius 3 is 2.73 bits per heavy atom. The molecular weight excluding hydrogens is 156 g/mol. The quantitative estimate of drug-likeness (QED) is 0.528. The van der Waals surface area contributed by atoms with E-state index in [9.17, 15) is 5.11 Å². The number of hydrogen-bond donors (Lipinski definition) is 1. The van der Waals surface area contributed by atoms with Crippen LogP contribution in [0.3, 0.4) is 0 Å². The number of hydrogen-bond acceptors (Lipinski definition) is 2. The van der Waals surface area contributed by atoms with Crippen LogP contribution in [0.25, 0.3) is 6.08 Å². The third-order valence-corrected chi connectivity index (χ3v) is 1.39. The molecule has 0 unspecified atom stereocenters. The lowest BCUT2D eigenvalue weighted by atomic mass is 10.2. The molecule has 55 valence electrons. The molecule has 3 radical (unpaired) electrons. The van der Waals surface area contributed by atoms with Crippen molar-refractivity contribution in [2.75, 3.05) is 0 Å². The molecule has 0 aliphatic rings. The second kappa shape index (κ2) is 3.83. The molecule has 1 aromatic carbocycles. The monoisotopic (exact) mass is 163 g/mol.